The van der Waals surface area contributed by atoms with Crippen molar-refractivity contribution in [3.05, 3.63) is 28.8 Å². The van der Waals surface area contributed by atoms with E-state index in [0.717, 1.165) is 36.2 Å². The molecule has 3 aromatic rings. The maximum absolute atomic E-state index is 5.81. The van der Waals surface area contributed by atoms with Gasteiger partial charge < -0.3 is 9.64 Å². The van der Waals surface area contributed by atoms with E-state index >= 15 is 0 Å². The number of piperidine rings is 1. The molecule has 1 atom stereocenters. The summed E-state index contributed by atoms with van der Waals surface area (Å²) >= 11 is 3.29. The lowest BCUT2D eigenvalue weighted by molar-refractivity contribution is 0.228. The van der Waals surface area contributed by atoms with Crippen molar-refractivity contribution in [2.45, 2.75) is 19.8 Å². The van der Waals surface area contributed by atoms with Crippen LogP contribution in [0.1, 0.15) is 18.4 Å². The Labute approximate surface area is 143 Å². The Kier molecular flexibility index (Phi) is 4.13. The monoisotopic (exact) mass is 346 g/mol. The van der Waals surface area contributed by atoms with E-state index in [2.05, 4.69) is 32.2 Å². The van der Waals surface area contributed by atoms with Crippen molar-refractivity contribution in [2.75, 3.05) is 24.6 Å². The van der Waals surface area contributed by atoms with E-state index in [0.29, 0.717) is 5.92 Å². The molecule has 0 aromatic carbocycles. The van der Waals surface area contributed by atoms with Crippen LogP contribution in [-0.2, 0) is 0 Å². The fraction of sp³-hybridized carbons (Fsp3) is 0.438. The Morgan fingerprint density at radius 1 is 1.30 bits per heavy atom. The lowest BCUT2D eigenvalue weighted by Crippen LogP contribution is -2.38. The van der Waals surface area contributed by atoms with Gasteiger partial charge in [-0.1, -0.05) is 11.3 Å². The summed E-state index contributed by atoms with van der Waals surface area (Å²) in [5.74, 6) is 1.59. The van der Waals surface area contributed by atoms with Gasteiger partial charge in [-0.05, 0) is 30.7 Å². The van der Waals surface area contributed by atoms with Crippen molar-refractivity contribution in [1.82, 2.24) is 15.0 Å². The van der Waals surface area contributed by atoms with Crippen molar-refractivity contribution in [2.24, 2.45) is 5.92 Å². The quantitative estimate of drug-likeness (QED) is 0.720. The van der Waals surface area contributed by atoms with Crippen LogP contribution in [0.3, 0.4) is 0 Å². The highest BCUT2D eigenvalue weighted by molar-refractivity contribution is 7.18. The zero-order chi connectivity index (χ0) is 15.6. The Balaban J connectivity index is 1.50. The van der Waals surface area contributed by atoms with Gasteiger partial charge >= 0.3 is 0 Å². The molecule has 1 unspecified atom stereocenters. The second kappa shape index (κ2) is 6.41. The first kappa shape index (κ1) is 14.8. The van der Waals surface area contributed by atoms with Gasteiger partial charge in [0.05, 0.1) is 16.8 Å². The van der Waals surface area contributed by atoms with Crippen molar-refractivity contribution in [1.29, 1.82) is 0 Å². The number of anilines is 1. The second-order valence-electron chi connectivity index (χ2n) is 5.86. The molecule has 1 aliphatic rings. The smallest absolute Gasteiger partial charge is 0.273 e. The van der Waals surface area contributed by atoms with Crippen LogP contribution in [0.2, 0.25) is 0 Å². The summed E-state index contributed by atoms with van der Waals surface area (Å²) in [4.78, 5) is 15.6. The standard InChI is InChI=1S/C16H18N4OS2/c1-11-9-23-14-13(11)18-10-19-15(14)20-5-2-3-12(7-20)8-21-16-17-4-6-22-16/h4,6,9-10,12H,2-3,5,7-8H2,1H3. The molecule has 5 nitrogen and oxygen atoms in total. The topological polar surface area (TPSA) is 51.1 Å². The third-order valence-corrected chi connectivity index (χ3v) is 5.95. The SMILES string of the molecule is Cc1csc2c(N3CCCC(COc4nccs4)C3)ncnc12. The highest BCUT2D eigenvalue weighted by Gasteiger charge is 2.24. The fourth-order valence-corrected chi connectivity index (χ4v) is 4.56. The van der Waals surface area contributed by atoms with E-state index in [1.165, 1.54) is 23.1 Å². The van der Waals surface area contributed by atoms with Gasteiger partial charge in [0.15, 0.2) is 0 Å². The van der Waals surface area contributed by atoms with E-state index in [1.54, 1.807) is 35.2 Å². The molecule has 7 heteroatoms. The molecule has 1 aliphatic heterocycles. The zero-order valence-corrected chi connectivity index (χ0v) is 14.6. The highest BCUT2D eigenvalue weighted by atomic mass is 32.1. The van der Waals surface area contributed by atoms with Crippen LogP contribution in [0, 0.1) is 12.8 Å². The maximum atomic E-state index is 5.81. The number of aromatic nitrogens is 3. The first-order valence-electron chi connectivity index (χ1n) is 7.77. The number of thiazole rings is 1. The Morgan fingerprint density at radius 2 is 2.26 bits per heavy atom. The largest absolute Gasteiger partial charge is 0.470 e. The number of fused-ring (bicyclic) bond motifs is 1. The lowest BCUT2D eigenvalue weighted by atomic mass is 9.99. The Morgan fingerprint density at radius 3 is 3.13 bits per heavy atom. The second-order valence-corrected chi connectivity index (χ2v) is 7.59. The number of rotatable bonds is 4. The highest BCUT2D eigenvalue weighted by Crippen LogP contribution is 2.33. The van der Waals surface area contributed by atoms with E-state index in [1.807, 2.05) is 5.38 Å². The molecular formula is C16H18N4OS2. The maximum Gasteiger partial charge on any atom is 0.273 e. The predicted molar refractivity (Wildman–Crippen MR) is 94.7 cm³/mol. The minimum absolute atomic E-state index is 0.513. The summed E-state index contributed by atoms with van der Waals surface area (Å²) in [6, 6.07) is 0. The van der Waals surface area contributed by atoms with Gasteiger partial charge in [-0.3, -0.25) is 0 Å². The van der Waals surface area contributed by atoms with E-state index in [-0.39, 0.29) is 0 Å². The lowest BCUT2D eigenvalue weighted by Gasteiger charge is -2.33. The van der Waals surface area contributed by atoms with Gasteiger partial charge in [-0.15, -0.1) is 11.3 Å². The molecule has 3 aromatic heterocycles. The first-order valence-corrected chi connectivity index (χ1v) is 9.53. The van der Waals surface area contributed by atoms with Crippen molar-refractivity contribution < 1.29 is 4.74 Å². The van der Waals surface area contributed by atoms with Crippen LogP contribution >= 0.6 is 22.7 Å². The zero-order valence-electron chi connectivity index (χ0n) is 12.9. The van der Waals surface area contributed by atoms with Gasteiger partial charge in [-0.25, -0.2) is 15.0 Å². The summed E-state index contributed by atoms with van der Waals surface area (Å²) in [5.41, 5.74) is 2.32. The normalized spacial score (nSPS) is 18.5. The number of ether oxygens (including phenoxy) is 1. The predicted octanol–water partition coefficient (Wildman–Crippen LogP) is 3.75. The molecule has 0 aliphatic carbocycles. The van der Waals surface area contributed by atoms with Crippen LogP contribution in [0.15, 0.2) is 23.3 Å². The molecule has 4 rings (SSSR count). The Hall–Kier alpha value is -1.73. The minimum atomic E-state index is 0.513. The number of hydrogen-bond acceptors (Lipinski definition) is 7. The average molecular weight is 346 g/mol. The average Bonchev–Trinajstić information content (AvgIpc) is 3.23. The van der Waals surface area contributed by atoms with Gasteiger partial charge in [0.25, 0.3) is 5.19 Å². The summed E-state index contributed by atoms with van der Waals surface area (Å²) in [6.45, 7) is 4.86. The molecule has 0 bridgehead atoms. The van der Waals surface area contributed by atoms with E-state index in [9.17, 15) is 0 Å². The number of nitrogens with zero attached hydrogens (tertiary/aromatic N) is 4. The van der Waals surface area contributed by atoms with Gasteiger partial charge in [0.2, 0.25) is 0 Å². The number of thiophene rings is 1. The van der Waals surface area contributed by atoms with Gasteiger partial charge in [0, 0.05) is 30.6 Å². The molecule has 120 valence electrons. The van der Waals surface area contributed by atoms with Crippen molar-refractivity contribution in [3.8, 4) is 5.19 Å². The molecule has 23 heavy (non-hydrogen) atoms. The van der Waals surface area contributed by atoms with Crippen LogP contribution in [0.5, 0.6) is 5.19 Å². The van der Waals surface area contributed by atoms with Crippen LogP contribution in [0.25, 0.3) is 10.2 Å². The first-order chi connectivity index (χ1) is 11.3. The Bertz CT molecular complexity index is 787. The molecule has 0 N–H and O–H groups in total. The van der Waals surface area contributed by atoms with Gasteiger partial charge in [0.1, 0.15) is 12.1 Å². The van der Waals surface area contributed by atoms with E-state index in [4.69, 9.17) is 4.74 Å². The van der Waals surface area contributed by atoms with Crippen LogP contribution in [-0.4, -0.2) is 34.6 Å². The third kappa shape index (κ3) is 3.03. The van der Waals surface area contributed by atoms with Gasteiger partial charge in [-0.2, -0.15) is 0 Å². The molecule has 0 saturated carbocycles. The third-order valence-electron chi connectivity index (χ3n) is 4.18. The molecule has 0 amide bonds. The van der Waals surface area contributed by atoms with Crippen LogP contribution in [0.4, 0.5) is 5.82 Å². The van der Waals surface area contributed by atoms with Crippen molar-refractivity contribution in [3.63, 3.8) is 0 Å². The molecule has 0 radical (unpaired) electrons. The summed E-state index contributed by atoms with van der Waals surface area (Å²) in [7, 11) is 0. The van der Waals surface area contributed by atoms with Crippen LogP contribution < -0.4 is 9.64 Å². The van der Waals surface area contributed by atoms with E-state index < -0.39 is 0 Å². The molecule has 4 heterocycles. The molecular weight excluding hydrogens is 328 g/mol. The molecule has 1 fully saturated rings. The minimum Gasteiger partial charge on any atom is -0.470 e. The molecule has 0 spiro atoms. The fourth-order valence-electron chi connectivity index (χ4n) is 3.05. The molecule has 1 saturated heterocycles. The summed E-state index contributed by atoms with van der Waals surface area (Å²) in [5, 5.41) is 4.87. The summed E-state index contributed by atoms with van der Waals surface area (Å²) in [6.07, 6.45) is 5.83. The number of aryl methyl sites for hydroxylation is 1. The summed E-state index contributed by atoms with van der Waals surface area (Å²) < 4.78 is 7.01. The number of hydrogen-bond donors (Lipinski definition) is 0. The van der Waals surface area contributed by atoms with Crippen molar-refractivity contribution >= 4 is 38.7 Å².